The van der Waals surface area contributed by atoms with E-state index in [0.717, 1.165) is 15.7 Å². The van der Waals surface area contributed by atoms with E-state index in [9.17, 15) is 9.90 Å². The molecule has 1 heterocycles. The molecule has 1 aromatic heterocycles. The molecule has 0 radical (unpaired) electrons. The summed E-state index contributed by atoms with van der Waals surface area (Å²) in [7, 11) is 0. The molecule has 2 aromatic rings. The van der Waals surface area contributed by atoms with Crippen LogP contribution in [0.4, 0.5) is 0 Å². The Kier molecular flexibility index (Phi) is 3.69. The van der Waals surface area contributed by atoms with E-state index in [-0.39, 0.29) is 11.1 Å². The van der Waals surface area contributed by atoms with E-state index in [1.807, 2.05) is 45.9 Å². The summed E-state index contributed by atoms with van der Waals surface area (Å²) in [6.45, 7) is 7.80. The first kappa shape index (κ1) is 14.7. The maximum absolute atomic E-state index is 11.3. The summed E-state index contributed by atoms with van der Waals surface area (Å²) in [6, 6.07) is 5.83. The molecule has 0 atom stereocenters. The number of hydrogen-bond donors (Lipinski definition) is 1. The van der Waals surface area contributed by atoms with Crippen molar-refractivity contribution < 1.29 is 9.90 Å². The smallest absolute Gasteiger partial charge is 0.358 e. The molecule has 0 amide bonds. The van der Waals surface area contributed by atoms with E-state index in [2.05, 4.69) is 26.2 Å². The van der Waals surface area contributed by atoms with Crippen LogP contribution in [0.5, 0.6) is 0 Å². The van der Waals surface area contributed by atoms with Crippen molar-refractivity contribution in [2.75, 3.05) is 0 Å². The first-order valence-electron chi connectivity index (χ1n) is 6.18. The Morgan fingerprint density at radius 2 is 2.00 bits per heavy atom. The van der Waals surface area contributed by atoms with Crippen molar-refractivity contribution in [3.05, 3.63) is 39.6 Å². The molecule has 0 saturated heterocycles. The molecule has 1 aromatic carbocycles. The summed E-state index contributed by atoms with van der Waals surface area (Å²) in [4.78, 5) is 11.3. The second-order valence-electron chi connectivity index (χ2n) is 5.71. The van der Waals surface area contributed by atoms with Gasteiger partial charge in [0, 0.05) is 9.89 Å². The molecule has 20 heavy (non-hydrogen) atoms. The summed E-state index contributed by atoms with van der Waals surface area (Å²) >= 11 is 3.48. The summed E-state index contributed by atoms with van der Waals surface area (Å²) in [5, 5.41) is 17.1. The molecule has 2 rings (SSSR count). The number of aryl methyl sites for hydroxylation is 1. The largest absolute Gasteiger partial charge is 0.476 e. The van der Waals surface area contributed by atoms with Gasteiger partial charge in [-0.1, -0.05) is 32.1 Å². The standard InChI is InChI=1S/C14H16BrN3O2/c1-8-5-6-9(15)10(7-8)18-12(14(2,3)4)11(13(19)20)16-17-18/h5-7H,1-4H3,(H,19,20). The minimum atomic E-state index is -1.06. The number of aromatic carboxylic acids is 1. The van der Waals surface area contributed by atoms with Gasteiger partial charge in [0.1, 0.15) is 0 Å². The van der Waals surface area contributed by atoms with Crippen LogP contribution in [0, 0.1) is 6.92 Å². The lowest BCUT2D eigenvalue weighted by Gasteiger charge is -2.21. The number of rotatable bonds is 2. The highest BCUT2D eigenvalue weighted by Gasteiger charge is 2.30. The van der Waals surface area contributed by atoms with Gasteiger partial charge in [-0.3, -0.25) is 0 Å². The van der Waals surface area contributed by atoms with Crippen LogP contribution >= 0.6 is 15.9 Å². The Morgan fingerprint density at radius 3 is 2.55 bits per heavy atom. The third-order valence-electron chi connectivity index (χ3n) is 2.91. The predicted molar refractivity (Wildman–Crippen MR) is 79.5 cm³/mol. The summed E-state index contributed by atoms with van der Waals surface area (Å²) in [6.07, 6.45) is 0. The van der Waals surface area contributed by atoms with Gasteiger partial charge in [-0.25, -0.2) is 9.48 Å². The van der Waals surface area contributed by atoms with Gasteiger partial charge >= 0.3 is 5.97 Å². The van der Waals surface area contributed by atoms with Crippen LogP contribution in [-0.4, -0.2) is 26.1 Å². The van der Waals surface area contributed by atoms with Crippen molar-refractivity contribution in [2.45, 2.75) is 33.1 Å². The summed E-state index contributed by atoms with van der Waals surface area (Å²) in [5.74, 6) is -1.06. The molecule has 5 nitrogen and oxygen atoms in total. The zero-order chi connectivity index (χ0) is 15.1. The van der Waals surface area contributed by atoms with Crippen LogP contribution in [0.2, 0.25) is 0 Å². The molecule has 0 saturated carbocycles. The van der Waals surface area contributed by atoms with Crippen molar-refractivity contribution in [1.29, 1.82) is 0 Å². The van der Waals surface area contributed by atoms with Gasteiger partial charge in [-0.05, 0) is 40.5 Å². The van der Waals surface area contributed by atoms with Gasteiger partial charge < -0.3 is 5.11 Å². The molecule has 0 aliphatic carbocycles. The average Bonchev–Trinajstić information content (AvgIpc) is 2.76. The maximum atomic E-state index is 11.3. The lowest BCUT2D eigenvalue weighted by atomic mass is 9.90. The minimum Gasteiger partial charge on any atom is -0.476 e. The second kappa shape index (κ2) is 5.01. The average molecular weight is 338 g/mol. The molecule has 1 N–H and O–H groups in total. The Labute approximate surface area is 125 Å². The van der Waals surface area contributed by atoms with Gasteiger partial charge in [-0.2, -0.15) is 0 Å². The normalized spacial score (nSPS) is 11.7. The fraction of sp³-hybridized carbons (Fsp3) is 0.357. The van der Waals surface area contributed by atoms with Crippen LogP contribution < -0.4 is 0 Å². The number of hydrogen-bond acceptors (Lipinski definition) is 3. The molecule has 0 aliphatic rings. The van der Waals surface area contributed by atoms with E-state index in [0.29, 0.717) is 5.69 Å². The Balaban J connectivity index is 2.75. The number of carbonyl (C=O) groups is 1. The van der Waals surface area contributed by atoms with Crippen molar-refractivity contribution in [2.24, 2.45) is 0 Å². The van der Waals surface area contributed by atoms with E-state index in [4.69, 9.17) is 0 Å². The van der Waals surface area contributed by atoms with Gasteiger partial charge in [0.2, 0.25) is 0 Å². The number of halogens is 1. The van der Waals surface area contributed by atoms with Crippen molar-refractivity contribution in [3.8, 4) is 5.69 Å². The highest BCUT2D eigenvalue weighted by Crippen LogP contribution is 2.30. The Hall–Kier alpha value is -1.69. The lowest BCUT2D eigenvalue weighted by Crippen LogP contribution is -2.21. The molecular formula is C14H16BrN3O2. The van der Waals surface area contributed by atoms with E-state index < -0.39 is 5.97 Å². The van der Waals surface area contributed by atoms with Gasteiger partial charge in [0.05, 0.1) is 11.4 Å². The summed E-state index contributed by atoms with van der Waals surface area (Å²) < 4.78 is 2.44. The number of nitrogens with zero attached hydrogens (tertiary/aromatic N) is 3. The van der Waals surface area contributed by atoms with Crippen LogP contribution in [0.25, 0.3) is 5.69 Å². The topological polar surface area (TPSA) is 68.0 Å². The zero-order valence-electron chi connectivity index (χ0n) is 11.8. The first-order chi connectivity index (χ1) is 9.21. The van der Waals surface area contributed by atoms with Crippen LogP contribution in [-0.2, 0) is 5.41 Å². The lowest BCUT2D eigenvalue weighted by molar-refractivity contribution is 0.0687. The maximum Gasteiger partial charge on any atom is 0.358 e. The molecule has 0 unspecified atom stereocenters. The molecule has 0 aliphatic heterocycles. The Morgan fingerprint density at radius 1 is 1.35 bits per heavy atom. The predicted octanol–water partition coefficient (Wildman–Crippen LogP) is 3.33. The van der Waals surface area contributed by atoms with Crippen molar-refractivity contribution in [3.63, 3.8) is 0 Å². The first-order valence-corrected chi connectivity index (χ1v) is 6.97. The Bertz CT molecular complexity index is 672. The number of carboxylic acid groups (broad SMARTS) is 1. The number of aromatic nitrogens is 3. The third kappa shape index (κ3) is 2.60. The molecule has 0 fully saturated rings. The minimum absolute atomic E-state index is 0.00842. The fourth-order valence-corrected chi connectivity index (χ4v) is 2.47. The van der Waals surface area contributed by atoms with Crippen LogP contribution in [0.1, 0.15) is 42.5 Å². The van der Waals surface area contributed by atoms with Gasteiger partial charge in [0.15, 0.2) is 5.69 Å². The van der Waals surface area contributed by atoms with Crippen LogP contribution in [0.3, 0.4) is 0 Å². The molecule has 0 spiro atoms. The quantitative estimate of drug-likeness (QED) is 0.912. The van der Waals surface area contributed by atoms with Gasteiger partial charge in [0.25, 0.3) is 0 Å². The number of carboxylic acids is 1. The monoisotopic (exact) mass is 337 g/mol. The van der Waals surface area contributed by atoms with Crippen molar-refractivity contribution in [1.82, 2.24) is 15.0 Å². The van der Waals surface area contributed by atoms with Crippen LogP contribution in [0.15, 0.2) is 22.7 Å². The second-order valence-corrected chi connectivity index (χ2v) is 6.56. The van der Waals surface area contributed by atoms with E-state index in [1.54, 1.807) is 4.68 Å². The fourth-order valence-electron chi connectivity index (χ4n) is 2.05. The van der Waals surface area contributed by atoms with E-state index in [1.165, 1.54) is 0 Å². The van der Waals surface area contributed by atoms with Gasteiger partial charge in [-0.15, -0.1) is 5.10 Å². The highest BCUT2D eigenvalue weighted by atomic mass is 79.9. The zero-order valence-corrected chi connectivity index (χ0v) is 13.4. The van der Waals surface area contributed by atoms with Crippen molar-refractivity contribution >= 4 is 21.9 Å². The van der Waals surface area contributed by atoms with E-state index >= 15 is 0 Å². The molecule has 0 bridgehead atoms. The molecule has 6 heteroatoms. The molecular weight excluding hydrogens is 322 g/mol. The third-order valence-corrected chi connectivity index (χ3v) is 3.58. The summed E-state index contributed by atoms with van der Waals surface area (Å²) in [5.41, 5.74) is 2.04. The SMILES string of the molecule is Cc1ccc(Br)c(-n2nnc(C(=O)O)c2C(C)(C)C)c1. The molecule has 106 valence electrons. The highest BCUT2D eigenvalue weighted by molar-refractivity contribution is 9.10. The number of benzene rings is 1.